The monoisotopic (exact) mass is 297 g/mol. The normalized spacial score (nSPS) is 19.8. The van der Waals surface area contributed by atoms with E-state index in [1.807, 2.05) is 16.7 Å². The van der Waals surface area contributed by atoms with E-state index < -0.39 is 5.97 Å². The van der Waals surface area contributed by atoms with E-state index in [-0.39, 0.29) is 5.91 Å². The minimum absolute atomic E-state index is 0.0483. The van der Waals surface area contributed by atoms with Crippen molar-refractivity contribution < 1.29 is 14.7 Å². The number of aliphatic carboxylic acids is 1. The Labute approximate surface area is 120 Å². The van der Waals surface area contributed by atoms with Gasteiger partial charge in [-0.3, -0.25) is 4.79 Å². The highest BCUT2D eigenvalue weighted by Crippen LogP contribution is 2.23. The SMILES string of the molecule is CC1CN(C(=O)c2ccc(/C=C/C(=O)O)s2)CCS1. The second-order valence-electron chi connectivity index (χ2n) is 4.31. The van der Waals surface area contributed by atoms with Crippen molar-refractivity contribution in [3.8, 4) is 0 Å². The van der Waals surface area contributed by atoms with Gasteiger partial charge in [-0.2, -0.15) is 11.8 Å². The van der Waals surface area contributed by atoms with Gasteiger partial charge in [-0.1, -0.05) is 6.92 Å². The maximum Gasteiger partial charge on any atom is 0.328 e. The van der Waals surface area contributed by atoms with Crippen LogP contribution in [0.4, 0.5) is 0 Å². The molecule has 0 bridgehead atoms. The zero-order valence-corrected chi connectivity index (χ0v) is 12.2. The smallest absolute Gasteiger partial charge is 0.328 e. The van der Waals surface area contributed by atoms with Gasteiger partial charge >= 0.3 is 5.97 Å². The minimum Gasteiger partial charge on any atom is -0.478 e. The Bertz CT molecular complexity index is 510. The molecule has 19 heavy (non-hydrogen) atoms. The van der Waals surface area contributed by atoms with Gasteiger partial charge in [-0.05, 0) is 18.2 Å². The third-order valence-corrected chi connectivity index (χ3v) is 4.93. The van der Waals surface area contributed by atoms with Gasteiger partial charge in [0.05, 0.1) is 4.88 Å². The van der Waals surface area contributed by atoms with Crippen LogP contribution in [0.5, 0.6) is 0 Å². The third kappa shape index (κ3) is 3.84. The summed E-state index contributed by atoms with van der Waals surface area (Å²) in [6.45, 7) is 3.69. The van der Waals surface area contributed by atoms with Gasteiger partial charge in [0.15, 0.2) is 0 Å². The van der Waals surface area contributed by atoms with Crippen molar-refractivity contribution in [2.45, 2.75) is 12.2 Å². The molecule has 1 N–H and O–H groups in total. The Morgan fingerprint density at radius 2 is 2.26 bits per heavy atom. The molecule has 1 aromatic heterocycles. The zero-order valence-electron chi connectivity index (χ0n) is 10.5. The predicted molar refractivity (Wildman–Crippen MR) is 78.8 cm³/mol. The fourth-order valence-electron chi connectivity index (χ4n) is 1.87. The van der Waals surface area contributed by atoms with E-state index in [9.17, 15) is 9.59 Å². The van der Waals surface area contributed by atoms with Crippen LogP contribution in [0.15, 0.2) is 18.2 Å². The van der Waals surface area contributed by atoms with Crippen LogP contribution in [0.2, 0.25) is 0 Å². The Morgan fingerprint density at radius 1 is 1.47 bits per heavy atom. The Balaban J connectivity index is 2.05. The summed E-state index contributed by atoms with van der Waals surface area (Å²) in [4.78, 5) is 26.0. The first-order valence-electron chi connectivity index (χ1n) is 5.98. The van der Waals surface area contributed by atoms with Gasteiger partial charge < -0.3 is 10.0 Å². The molecule has 2 rings (SSSR count). The maximum absolute atomic E-state index is 12.3. The Kier molecular flexibility index (Phi) is 4.66. The van der Waals surface area contributed by atoms with Gasteiger partial charge in [0.1, 0.15) is 0 Å². The molecular weight excluding hydrogens is 282 g/mol. The van der Waals surface area contributed by atoms with Crippen LogP contribution in [0.3, 0.4) is 0 Å². The van der Waals surface area contributed by atoms with Crippen molar-refractivity contribution in [3.05, 3.63) is 28.0 Å². The summed E-state index contributed by atoms with van der Waals surface area (Å²) in [5.74, 6) is 0.0413. The molecule has 6 heteroatoms. The molecule has 1 aliphatic rings. The lowest BCUT2D eigenvalue weighted by Crippen LogP contribution is -2.40. The van der Waals surface area contributed by atoms with Crippen LogP contribution in [0, 0.1) is 0 Å². The van der Waals surface area contributed by atoms with Gasteiger partial charge in [-0.15, -0.1) is 11.3 Å². The molecule has 0 saturated carbocycles. The second kappa shape index (κ2) is 6.25. The lowest BCUT2D eigenvalue weighted by atomic mass is 10.3. The Morgan fingerprint density at radius 3 is 2.95 bits per heavy atom. The van der Waals surface area contributed by atoms with Crippen LogP contribution in [-0.4, -0.2) is 46.0 Å². The standard InChI is InChI=1S/C13H15NO3S2/c1-9-8-14(6-7-18-9)13(17)11-4-2-10(19-11)3-5-12(15)16/h2-5,9H,6-8H2,1H3,(H,15,16)/b5-3+. The summed E-state index contributed by atoms with van der Waals surface area (Å²) < 4.78 is 0. The van der Waals surface area contributed by atoms with Crippen molar-refractivity contribution in [1.82, 2.24) is 4.90 Å². The summed E-state index contributed by atoms with van der Waals surface area (Å²) in [6.07, 6.45) is 2.60. The van der Waals surface area contributed by atoms with E-state index in [1.54, 1.807) is 12.1 Å². The van der Waals surface area contributed by atoms with Crippen LogP contribution in [0.25, 0.3) is 6.08 Å². The van der Waals surface area contributed by atoms with Crippen molar-refractivity contribution in [3.63, 3.8) is 0 Å². The topological polar surface area (TPSA) is 57.6 Å². The van der Waals surface area contributed by atoms with Gasteiger partial charge in [0, 0.05) is 35.0 Å². The first-order chi connectivity index (χ1) is 9.06. The van der Waals surface area contributed by atoms with Gasteiger partial charge in [-0.25, -0.2) is 4.79 Å². The lowest BCUT2D eigenvalue weighted by Gasteiger charge is -2.30. The first kappa shape index (κ1) is 14.1. The van der Waals surface area contributed by atoms with Crippen molar-refractivity contribution in [2.75, 3.05) is 18.8 Å². The first-order valence-corrected chi connectivity index (χ1v) is 7.84. The van der Waals surface area contributed by atoms with E-state index in [4.69, 9.17) is 5.11 Å². The number of carbonyl (C=O) groups is 2. The fourth-order valence-corrected chi connectivity index (χ4v) is 3.76. The van der Waals surface area contributed by atoms with Crippen molar-refractivity contribution >= 4 is 41.1 Å². The average molecular weight is 297 g/mol. The van der Waals surface area contributed by atoms with Crippen molar-refractivity contribution in [1.29, 1.82) is 0 Å². The summed E-state index contributed by atoms with van der Waals surface area (Å²) in [7, 11) is 0. The number of carboxylic acid groups (broad SMARTS) is 1. The number of hydrogen-bond donors (Lipinski definition) is 1. The van der Waals surface area contributed by atoms with Crippen LogP contribution in [-0.2, 0) is 4.79 Å². The summed E-state index contributed by atoms with van der Waals surface area (Å²) in [5.41, 5.74) is 0. The van der Waals surface area contributed by atoms with E-state index in [2.05, 4.69) is 6.92 Å². The number of carboxylic acids is 1. The third-order valence-electron chi connectivity index (χ3n) is 2.76. The van der Waals surface area contributed by atoms with E-state index in [1.165, 1.54) is 17.4 Å². The summed E-state index contributed by atoms with van der Waals surface area (Å²) >= 11 is 3.21. The van der Waals surface area contributed by atoms with Crippen LogP contribution < -0.4 is 0 Å². The maximum atomic E-state index is 12.3. The molecule has 0 aromatic carbocycles. The molecule has 0 spiro atoms. The quantitative estimate of drug-likeness (QED) is 0.871. The van der Waals surface area contributed by atoms with Crippen LogP contribution >= 0.6 is 23.1 Å². The summed E-state index contributed by atoms with van der Waals surface area (Å²) in [6, 6.07) is 3.54. The molecule has 1 aromatic rings. The molecule has 4 nitrogen and oxygen atoms in total. The number of nitrogens with zero attached hydrogens (tertiary/aromatic N) is 1. The fraction of sp³-hybridized carbons (Fsp3) is 0.385. The minimum atomic E-state index is -0.983. The molecule has 0 aliphatic carbocycles. The highest BCUT2D eigenvalue weighted by Gasteiger charge is 2.23. The number of amides is 1. The molecular formula is C13H15NO3S2. The van der Waals surface area contributed by atoms with E-state index in [0.29, 0.717) is 10.1 Å². The van der Waals surface area contributed by atoms with Crippen molar-refractivity contribution in [2.24, 2.45) is 0 Å². The molecule has 1 aliphatic heterocycles. The van der Waals surface area contributed by atoms with Crippen LogP contribution in [0.1, 0.15) is 21.5 Å². The molecule has 1 atom stereocenters. The van der Waals surface area contributed by atoms with Gasteiger partial charge in [0.2, 0.25) is 0 Å². The molecule has 0 radical (unpaired) electrons. The highest BCUT2D eigenvalue weighted by molar-refractivity contribution is 7.99. The molecule has 1 unspecified atom stereocenters. The molecule has 1 fully saturated rings. The number of rotatable bonds is 3. The number of thioether (sulfide) groups is 1. The van der Waals surface area contributed by atoms with Gasteiger partial charge in [0.25, 0.3) is 5.91 Å². The Hall–Kier alpha value is -1.27. The molecule has 2 heterocycles. The second-order valence-corrected chi connectivity index (χ2v) is 6.97. The number of carbonyl (C=O) groups excluding carboxylic acids is 1. The largest absolute Gasteiger partial charge is 0.478 e. The summed E-state index contributed by atoms with van der Waals surface area (Å²) in [5, 5.41) is 9.04. The molecule has 1 amide bonds. The lowest BCUT2D eigenvalue weighted by molar-refractivity contribution is -0.131. The average Bonchev–Trinajstić information content (AvgIpc) is 2.84. The van der Waals surface area contributed by atoms with E-state index in [0.717, 1.165) is 29.8 Å². The number of hydrogen-bond acceptors (Lipinski definition) is 4. The highest BCUT2D eigenvalue weighted by atomic mass is 32.2. The van der Waals surface area contributed by atoms with E-state index >= 15 is 0 Å². The number of thiophene rings is 1. The molecule has 102 valence electrons. The zero-order chi connectivity index (χ0) is 13.8. The predicted octanol–water partition coefficient (Wildman–Crippen LogP) is 2.42. The molecule has 1 saturated heterocycles.